The Balaban J connectivity index is 1.77. The molecule has 0 N–H and O–H groups in total. The summed E-state index contributed by atoms with van der Waals surface area (Å²) in [5.41, 5.74) is 0.453. The molecule has 3 aromatic carbocycles. The van der Waals surface area contributed by atoms with Gasteiger partial charge in [-0.3, -0.25) is 0 Å². The molecule has 0 radical (unpaired) electrons. The molecular weight excluding hydrogens is 390 g/mol. The van der Waals surface area contributed by atoms with E-state index in [0.29, 0.717) is 44.3 Å². The van der Waals surface area contributed by atoms with Crippen LogP contribution in [-0.4, -0.2) is 0 Å². The molecular formula is C30H28NO+. The first kappa shape index (κ1) is 10.5. The number of hydrogen-bond donors (Lipinski definition) is 0. The number of pyridine rings is 1. The molecule has 5 aromatic rings. The summed E-state index contributed by atoms with van der Waals surface area (Å²) < 4.78 is 108. The summed E-state index contributed by atoms with van der Waals surface area (Å²) in [6.07, 6.45) is 1.29. The predicted octanol–water partition coefficient (Wildman–Crippen LogP) is 7.31. The van der Waals surface area contributed by atoms with E-state index in [2.05, 4.69) is 0 Å². The van der Waals surface area contributed by atoms with Crippen LogP contribution in [0.25, 0.3) is 44.3 Å². The standard InChI is InChI=1S/C30H28NO/c1-17-11-12-22-27-25(32-29(22)26(17)24-15-18(2)19(3)16-31(24)6)14-13-21-20-9-7-8-10-23(20)30(4,5)28(21)27/h7-16H,1-6H3/q+1/i2D3,3D3,4D3,5D3. The lowest BCUT2D eigenvalue weighted by Gasteiger charge is -2.22. The first-order chi connectivity index (χ1) is 20.2. The van der Waals surface area contributed by atoms with Gasteiger partial charge >= 0.3 is 0 Å². The number of benzene rings is 3. The number of hydrogen-bond acceptors (Lipinski definition) is 1. The topological polar surface area (TPSA) is 17.0 Å². The first-order valence-corrected chi connectivity index (χ1v) is 10.4. The highest BCUT2D eigenvalue weighted by atomic mass is 16.3. The maximum absolute atomic E-state index is 8.66. The molecule has 0 amide bonds. The lowest BCUT2D eigenvalue weighted by atomic mass is 9.80. The highest BCUT2D eigenvalue weighted by Crippen LogP contribution is 2.53. The SMILES string of the molecule is [2H]C([2H])([2H])c1cc(-c2c(C)ccc3c2oc2ccc4c(c23)C(C([2H])([2H])[2H])(C([2H])([2H])[2H])c2ccccc2-4)[n+](C)cc1C([2H])([2H])[2H]. The molecule has 2 aromatic heterocycles. The third-order valence-electron chi connectivity index (χ3n) is 6.54. The Morgan fingerprint density at radius 3 is 2.56 bits per heavy atom. The molecule has 0 aliphatic heterocycles. The van der Waals surface area contributed by atoms with Crippen molar-refractivity contribution in [3.05, 3.63) is 88.6 Å². The Hall–Kier alpha value is -3.39. The molecule has 0 saturated heterocycles. The fourth-order valence-electron chi connectivity index (χ4n) is 5.04. The first-order valence-electron chi connectivity index (χ1n) is 16.4. The van der Waals surface area contributed by atoms with E-state index < -0.39 is 32.8 Å². The van der Waals surface area contributed by atoms with Gasteiger partial charge in [0.15, 0.2) is 6.20 Å². The van der Waals surface area contributed by atoms with Crippen molar-refractivity contribution in [3.63, 3.8) is 0 Å². The van der Waals surface area contributed by atoms with E-state index in [1.54, 1.807) is 62.5 Å². The second kappa shape index (κ2) is 6.32. The van der Waals surface area contributed by atoms with Crippen LogP contribution in [0.15, 0.2) is 65.2 Å². The molecule has 0 unspecified atom stereocenters. The smallest absolute Gasteiger partial charge is 0.216 e. The highest BCUT2D eigenvalue weighted by molar-refractivity contribution is 6.14. The van der Waals surface area contributed by atoms with Gasteiger partial charge in [-0.25, -0.2) is 4.57 Å². The molecule has 2 nitrogen and oxygen atoms in total. The Labute approximate surface area is 206 Å². The van der Waals surface area contributed by atoms with E-state index in [1.165, 1.54) is 16.8 Å². The van der Waals surface area contributed by atoms with Crippen LogP contribution in [0.2, 0.25) is 0 Å². The molecule has 0 spiro atoms. The number of fused-ring (bicyclic) bond motifs is 7. The molecule has 0 fully saturated rings. The van der Waals surface area contributed by atoms with Gasteiger partial charge < -0.3 is 4.42 Å². The zero-order chi connectivity index (χ0) is 32.4. The molecule has 2 heterocycles. The van der Waals surface area contributed by atoms with Crippen molar-refractivity contribution >= 4 is 21.9 Å². The zero-order valence-electron chi connectivity index (χ0n) is 29.6. The quantitative estimate of drug-likeness (QED) is 0.255. The fraction of sp³-hybridized carbons (Fsp3) is 0.233. The second-order valence-corrected chi connectivity index (χ2v) is 8.49. The van der Waals surface area contributed by atoms with Crippen molar-refractivity contribution in [3.8, 4) is 22.4 Å². The van der Waals surface area contributed by atoms with E-state index in [1.807, 2.05) is 0 Å². The van der Waals surface area contributed by atoms with Crippen LogP contribution in [-0.2, 0) is 12.5 Å². The molecule has 6 rings (SSSR count). The van der Waals surface area contributed by atoms with Crippen LogP contribution in [0.1, 0.15) is 58.0 Å². The minimum absolute atomic E-state index is 0.134. The van der Waals surface area contributed by atoms with Crippen molar-refractivity contribution in [2.75, 3.05) is 0 Å². The summed E-state index contributed by atoms with van der Waals surface area (Å²) in [6.45, 7) is -9.56. The predicted molar refractivity (Wildman–Crippen MR) is 132 cm³/mol. The van der Waals surface area contributed by atoms with E-state index in [-0.39, 0.29) is 27.8 Å². The third-order valence-corrected chi connectivity index (χ3v) is 6.54. The summed E-state index contributed by atoms with van der Waals surface area (Å²) in [4.78, 5) is 0. The number of rotatable bonds is 1. The summed E-state index contributed by atoms with van der Waals surface area (Å²) in [5, 5.41) is 0.804. The van der Waals surface area contributed by atoms with Gasteiger partial charge in [0, 0.05) is 44.3 Å². The molecule has 0 saturated carbocycles. The van der Waals surface area contributed by atoms with Gasteiger partial charge in [0.25, 0.3) is 0 Å². The number of furan rings is 1. The van der Waals surface area contributed by atoms with E-state index >= 15 is 0 Å². The monoisotopic (exact) mass is 430 g/mol. The van der Waals surface area contributed by atoms with Crippen LogP contribution in [0.4, 0.5) is 0 Å². The van der Waals surface area contributed by atoms with Gasteiger partial charge in [-0.05, 0) is 60.1 Å². The maximum Gasteiger partial charge on any atom is 0.216 e. The number of aromatic nitrogens is 1. The lowest BCUT2D eigenvalue weighted by molar-refractivity contribution is -0.660. The third kappa shape index (κ3) is 2.38. The maximum atomic E-state index is 8.66. The molecule has 1 aliphatic rings. The summed E-state index contributed by atoms with van der Waals surface area (Å²) in [7, 11) is 1.61. The highest BCUT2D eigenvalue weighted by Gasteiger charge is 2.38. The van der Waals surface area contributed by atoms with Gasteiger partial charge in [-0.15, -0.1) is 0 Å². The van der Waals surface area contributed by atoms with Crippen LogP contribution >= 0.6 is 0 Å². The summed E-state index contributed by atoms with van der Waals surface area (Å²) in [5.74, 6) is 0. The van der Waals surface area contributed by atoms with Gasteiger partial charge in [-0.1, -0.05) is 56.2 Å². The molecule has 0 bridgehead atoms. The van der Waals surface area contributed by atoms with Crippen molar-refractivity contribution in [2.24, 2.45) is 7.05 Å². The Morgan fingerprint density at radius 2 is 1.75 bits per heavy atom. The Morgan fingerprint density at radius 1 is 0.906 bits per heavy atom. The average molecular weight is 431 g/mol. The Bertz CT molecular complexity index is 1980. The number of aryl methyl sites for hydroxylation is 4. The van der Waals surface area contributed by atoms with Gasteiger partial charge in [0.2, 0.25) is 5.69 Å². The minimum atomic E-state index is -2.98. The fourth-order valence-corrected chi connectivity index (χ4v) is 5.04. The molecule has 158 valence electrons. The van der Waals surface area contributed by atoms with Gasteiger partial charge in [0.05, 0.1) is 5.56 Å². The normalized spacial score (nSPS) is 21.3. The van der Waals surface area contributed by atoms with Crippen LogP contribution < -0.4 is 4.57 Å². The number of nitrogens with zero attached hydrogens (tertiary/aromatic N) is 1. The second-order valence-electron chi connectivity index (χ2n) is 8.49. The van der Waals surface area contributed by atoms with Gasteiger partial charge in [0.1, 0.15) is 18.2 Å². The molecule has 0 atom stereocenters. The van der Waals surface area contributed by atoms with Crippen molar-refractivity contribution in [1.82, 2.24) is 0 Å². The zero-order valence-corrected chi connectivity index (χ0v) is 17.6. The molecule has 32 heavy (non-hydrogen) atoms. The van der Waals surface area contributed by atoms with Crippen molar-refractivity contribution < 1.29 is 25.4 Å². The van der Waals surface area contributed by atoms with Crippen LogP contribution in [0, 0.1) is 20.6 Å². The average Bonchev–Trinajstić information content (AvgIpc) is 3.41. The molecule has 2 heteroatoms. The van der Waals surface area contributed by atoms with Crippen molar-refractivity contribution in [1.29, 1.82) is 0 Å². The Kier molecular flexibility index (Phi) is 2.07. The van der Waals surface area contributed by atoms with E-state index in [9.17, 15) is 0 Å². The van der Waals surface area contributed by atoms with Crippen LogP contribution in [0.5, 0.6) is 0 Å². The summed E-state index contributed by atoms with van der Waals surface area (Å²) in [6, 6.07) is 14.9. The van der Waals surface area contributed by atoms with Crippen molar-refractivity contribution in [2.45, 2.75) is 39.7 Å². The summed E-state index contributed by atoms with van der Waals surface area (Å²) >= 11 is 0. The van der Waals surface area contributed by atoms with E-state index in [4.69, 9.17) is 20.9 Å². The largest absolute Gasteiger partial charge is 0.455 e. The van der Waals surface area contributed by atoms with Crippen LogP contribution in [0.3, 0.4) is 0 Å². The lowest BCUT2D eigenvalue weighted by Crippen LogP contribution is -2.31. The molecule has 1 aliphatic carbocycles. The van der Waals surface area contributed by atoms with Gasteiger partial charge in [-0.2, -0.15) is 0 Å². The minimum Gasteiger partial charge on any atom is -0.455 e. The van der Waals surface area contributed by atoms with E-state index in [0.717, 1.165) is 0 Å².